The van der Waals surface area contributed by atoms with Crippen molar-refractivity contribution in [3.05, 3.63) is 23.8 Å². The maximum absolute atomic E-state index is 5.42. The Morgan fingerprint density at radius 2 is 1.95 bits per heavy atom. The molecular weight excluding hydrogens is 238 g/mol. The highest BCUT2D eigenvalue weighted by atomic mass is 16.5. The summed E-state index contributed by atoms with van der Waals surface area (Å²) in [7, 11) is 0. The van der Waals surface area contributed by atoms with Crippen molar-refractivity contribution >= 4 is 0 Å². The fourth-order valence-electron chi connectivity index (χ4n) is 3.08. The molecule has 2 saturated heterocycles. The molecule has 104 valence electrons. The van der Waals surface area contributed by atoms with E-state index in [9.17, 15) is 0 Å². The van der Waals surface area contributed by atoms with Crippen molar-refractivity contribution < 1.29 is 4.74 Å². The number of hydrogen-bond acceptors (Lipinski definition) is 4. The summed E-state index contributed by atoms with van der Waals surface area (Å²) in [6, 6.07) is 2.09. The molecule has 3 rings (SSSR count). The van der Waals surface area contributed by atoms with Crippen LogP contribution in [-0.2, 0) is 11.2 Å². The number of aromatic nitrogens is 2. The fourth-order valence-corrected chi connectivity index (χ4v) is 3.08. The van der Waals surface area contributed by atoms with Crippen molar-refractivity contribution in [3.63, 3.8) is 0 Å². The van der Waals surface area contributed by atoms with E-state index in [1.807, 2.05) is 6.20 Å². The lowest BCUT2D eigenvalue weighted by molar-refractivity contribution is 0.0844. The highest BCUT2D eigenvalue weighted by Crippen LogP contribution is 2.25. The first-order valence-corrected chi connectivity index (χ1v) is 7.52. The first kappa shape index (κ1) is 13.0. The number of piperidine rings is 1. The lowest BCUT2D eigenvalue weighted by Crippen LogP contribution is -2.29. The lowest BCUT2D eigenvalue weighted by atomic mass is 9.93. The largest absolute Gasteiger partial charge is 0.381 e. The molecule has 0 atom stereocenters. The zero-order chi connectivity index (χ0) is 12.9. The molecule has 2 aliphatic rings. The van der Waals surface area contributed by atoms with Gasteiger partial charge in [-0.2, -0.15) is 0 Å². The van der Waals surface area contributed by atoms with Gasteiger partial charge in [0.25, 0.3) is 0 Å². The summed E-state index contributed by atoms with van der Waals surface area (Å²) in [6.07, 6.45) is 7.69. The number of hydrogen-bond donors (Lipinski definition) is 1. The molecule has 0 aliphatic carbocycles. The van der Waals surface area contributed by atoms with E-state index in [4.69, 9.17) is 9.72 Å². The molecule has 2 aliphatic heterocycles. The average molecular weight is 261 g/mol. The minimum atomic E-state index is 0.573. The van der Waals surface area contributed by atoms with Crippen LogP contribution < -0.4 is 5.32 Å². The van der Waals surface area contributed by atoms with Gasteiger partial charge in [-0.25, -0.2) is 9.97 Å². The van der Waals surface area contributed by atoms with Crippen molar-refractivity contribution in [2.75, 3.05) is 26.3 Å². The third kappa shape index (κ3) is 3.51. The molecule has 0 bridgehead atoms. The van der Waals surface area contributed by atoms with Gasteiger partial charge >= 0.3 is 0 Å². The van der Waals surface area contributed by atoms with Gasteiger partial charge in [0.2, 0.25) is 0 Å². The summed E-state index contributed by atoms with van der Waals surface area (Å²) in [5, 5.41) is 3.41. The Morgan fingerprint density at radius 3 is 2.74 bits per heavy atom. The Labute approximate surface area is 115 Å². The van der Waals surface area contributed by atoms with E-state index in [0.29, 0.717) is 5.92 Å². The van der Waals surface area contributed by atoms with Crippen LogP contribution >= 0.6 is 0 Å². The van der Waals surface area contributed by atoms with Crippen molar-refractivity contribution in [2.24, 2.45) is 5.92 Å². The number of nitrogens with zero attached hydrogens (tertiary/aromatic N) is 2. The molecular formula is C15H23N3O. The van der Waals surface area contributed by atoms with Crippen LogP contribution in [0.25, 0.3) is 0 Å². The smallest absolute Gasteiger partial charge is 0.128 e. The van der Waals surface area contributed by atoms with E-state index in [-0.39, 0.29) is 0 Å². The predicted molar refractivity (Wildman–Crippen MR) is 74.1 cm³/mol. The summed E-state index contributed by atoms with van der Waals surface area (Å²) < 4.78 is 5.42. The number of nitrogens with one attached hydrogen (secondary N) is 1. The molecule has 0 spiro atoms. The van der Waals surface area contributed by atoms with Crippen LogP contribution in [0.2, 0.25) is 0 Å². The number of ether oxygens (including phenoxy) is 1. The minimum absolute atomic E-state index is 0.573. The second-order valence-corrected chi connectivity index (χ2v) is 5.68. The molecule has 1 N–H and O–H groups in total. The van der Waals surface area contributed by atoms with Crippen LogP contribution in [0.3, 0.4) is 0 Å². The highest BCUT2D eigenvalue weighted by molar-refractivity contribution is 5.09. The Bertz CT molecular complexity index is 398. The second-order valence-electron chi connectivity index (χ2n) is 5.68. The lowest BCUT2D eigenvalue weighted by Gasteiger charge is -2.23. The van der Waals surface area contributed by atoms with Crippen molar-refractivity contribution in [1.82, 2.24) is 15.3 Å². The van der Waals surface area contributed by atoms with Gasteiger partial charge in [0, 0.05) is 37.4 Å². The summed E-state index contributed by atoms with van der Waals surface area (Å²) >= 11 is 0. The quantitative estimate of drug-likeness (QED) is 0.903. The molecule has 2 fully saturated rings. The van der Waals surface area contributed by atoms with E-state index in [1.165, 1.54) is 18.5 Å². The molecule has 0 amide bonds. The first-order valence-electron chi connectivity index (χ1n) is 7.52. The van der Waals surface area contributed by atoms with Crippen LogP contribution in [0.1, 0.15) is 43.1 Å². The van der Waals surface area contributed by atoms with E-state index in [2.05, 4.69) is 16.4 Å². The zero-order valence-electron chi connectivity index (χ0n) is 11.5. The summed E-state index contributed by atoms with van der Waals surface area (Å²) in [6.45, 7) is 4.03. The molecule has 1 aromatic rings. The standard InChI is InChI=1S/C15H23N3O/c1-6-16-7-2-12(1)11-15-17-8-3-14(18-15)13-4-9-19-10-5-13/h3,8,12-13,16H,1-2,4-7,9-11H2. The molecule has 4 heteroatoms. The SMILES string of the molecule is c1cc(C2CCOCC2)nc(CC2CCNCC2)n1. The van der Waals surface area contributed by atoms with Gasteiger partial charge in [0.05, 0.1) is 0 Å². The van der Waals surface area contributed by atoms with Gasteiger partial charge in [-0.3, -0.25) is 0 Å². The molecule has 0 aromatic carbocycles. The maximum Gasteiger partial charge on any atom is 0.128 e. The Hall–Kier alpha value is -1.00. The zero-order valence-corrected chi connectivity index (χ0v) is 11.5. The normalized spacial score (nSPS) is 22.5. The van der Waals surface area contributed by atoms with Crippen LogP contribution in [0.15, 0.2) is 12.3 Å². The van der Waals surface area contributed by atoms with Crippen molar-refractivity contribution in [1.29, 1.82) is 0 Å². The fraction of sp³-hybridized carbons (Fsp3) is 0.733. The summed E-state index contributed by atoms with van der Waals surface area (Å²) in [4.78, 5) is 9.27. The van der Waals surface area contributed by atoms with Crippen molar-refractivity contribution in [3.8, 4) is 0 Å². The molecule has 3 heterocycles. The monoisotopic (exact) mass is 261 g/mol. The average Bonchev–Trinajstić information content (AvgIpc) is 2.49. The van der Waals surface area contributed by atoms with E-state index in [0.717, 1.165) is 57.3 Å². The highest BCUT2D eigenvalue weighted by Gasteiger charge is 2.19. The molecule has 0 radical (unpaired) electrons. The molecule has 4 nitrogen and oxygen atoms in total. The van der Waals surface area contributed by atoms with Gasteiger partial charge in [-0.05, 0) is 50.8 Å². The molecule has 0 saturated carbocycles. The van der Waals surface area contributed by atoms with Gasteiger partial charge in [-0.15, -0.1) is 0 Å². The number of rotatable bonds is 3. The van der Waals surface area contributed by atoms with Crippen molar-refractivity contribution in [2.45, 2.75) is 38.0 Å². The van der Waals surface area contributed by atoms with E-state index in [1.54, 1.807) is 0 Å². The third-order valence-electron chi connectivity index (χ3n) is 4.30. The van der Waals surface area contributed by atoms with Gasteiger partial charge < -0.3 is 10.1 Å². The summed E-state index contributed by atoms with van der Waals surface area (Å²) in [5.41, 5.74) is 1.22. The molecule has 1 aromatic heterocycles. The minimum Gasteiger partial charge on any atom is -0.381 e. The van der Waals surface area contributed by atoms with E-state index < -0.39 is 0 Å². The molecule has 0 unspecified atom stereocenters. The van der Waals surface area contributed by atoms with Gasteiger partial charge in [0.15, 0.2) is 0 Å². The Kier molecular flexibility index (Phi) is 4.41. The first-order chi connectivity index (χ1) is 9.42. The van der Waals surface area contributed by atoms with Gasteiger partial charge in [0.1, 0.15) is 5.82 Å². The Balaban J connectivity index is 1.64. The van der Waals surface area contributed by atoms with Crippen LogP contribution in [0.5, 0.6) is 0 Å². The topological polar surface area (TPSA) is 47.0 Å². The van der Waals surface area contributed by atoms with Crippen LogP contribution in [-0.4, -0.2) is 36.3 Å². The van der Waals surface area contributed by atoms with E-state index >= 15 is 0 Å². The van der Waals surface area contributed by atoms with Gasteiger partial charge in [-0.1, -0.05) is 0 Å². The summed E-state index contributed by atoms with van der Waals surface area (Å²) in [5.74, 6) is 2.37. The molecule has 19 heavy (non-hydrogen) atoms. The third-order valence-corrected chi connectivity index (χ3v) is 4.30. The Morgan fingerprint density at radius 1 is 1.16 bits per heavy atom. The van der Waals surface area contributed by atoms with Crippen LogP contribution in [0, 0.1) is 5.92 Å². The predicted octanol–water partition coefficient (Wildman–Crippen LogP) is 1.91. The van der Waals surface area contributed by atoms with Crippen LogP contribution in [0.4, 0.5) is 0 Å². The maximum atomic E-state index is 5.42. The second kappa shape index (κ2) is 6.44.